The van der Waals surface area contributed by atoms with Crippen LogP contribution < -0.4 is 5.32 Å². The van der Waals surface area contributed by atoms with Crippen LogP contribution in [0.3, 0.4) is 0 Å². The Kier molecular flexibility index (Phi) is 21.2. The first-order valence-corrected chi connectivity index (χ1v) is 16.9. The minimum atomic E-state index is -1.17. The van der Waals surface area contributed by atoms with Gasteiger partial charge in [-0.25, -0.2) is 0 Å². The maximum absolute atomic E-state index is 12.8. The van der Waals surface area contributed by atoms with Crippen LogP contribution in [-0.2, 0) is 23.9 Å². The number of cyclic esters (lactones) is 1. The van der Waals surface area contributed by atoms with Crippen molar-refractivity contribution in [2.75, 3.05) is 20.3 Å². The number of nitrogens with one attached hydrogen (secondary N) is 1. The molecule has 1 aliphatic heterocycles. The fraction of sp³-hybridized carbons (Fsp3) is 0.800. The maximum atomic E-state index is 12.8. The molecule has 0 spiro atoms. The summed E-state index contributed by atoms with van der Waals surface area (Å²) in [6.07, 6.45) is 10.9. The number of ether oxygens (including phenoxy) is 2. The first kappa shape index (κ1) is 40.0. The van der Waals surface area contributed by atoms with Crippen molar-refractivity contribution in [2.24, 2.45) is 17.8 Å². The lowest BCUT2D eigenvalue weighted by Gasteiger charge is -2.23. The first-order valence-electron chi connectivity index (χ1n) is 16.9. The summed E-state index contributed by atoms with van der Waals surface area (Å²) in [5.74, 6) is -0.318. The molecule has 1 unspecified atom stereocenters. The standard InChI is InChI=1S/C35H61NO8/c1-6-12-33-34(41)36-23-30(38)22-32(40)31(39)20-19-28(24-43-5)16-10-14-27(7-2)15-11-18-29(37)17-9-8-13-25(3)21-26(4)35(42)44-33/h10,14,16,25-27,30-33,38-40H,6-9,11-13,15,17-24H2,1-5H3,(H,36,41)/b14-10+,28-16+/t25-,26+,27+,30+,31-,32+,33?/m1/s1. The van der Waals surface area contributed by atoms with Gasteiger partial charge in [-0.3, -0.25) is 14.4 Å². The molecule has 1 heterocycles. The molecule has 1 rings (SSSR count). The van der Waals surface area contributed by atoms with Crippen LogP contribution in [-0.4, -0.2) is 77.7 Å². The van der Waals surface area contributed by atoms with Crippen molar-refractivity contribution in [3.63, 3.8) is 0 Å². The van der Waals surface area contributed by atoms with Gasteiger partial charge in [-0.15, -0.1) is 0 Å². The van der Waals surface area contributed by atoms with Crippen molar-refractivity contribution in [1.29, 1.82) is 0 Å². The summed E-state index contributed by atoms with van der Waals surface area (Å²) < 4.78 is 10.9. The monoisotopic (exact) mass is 623 g/mol. The maximum Gasteiger partial charge on any atom is 0.309 e. The Bertz CT molecular complexity index is 888. The zero-order valence-electron chi connectivity index (χ0n) is 28.0. The largest absolute Gasteiger partial charge is 0.452 e. The number of carbonyl (C=O) groups excluding carboxylic acids is 3. The van der Waals surface area contributed by atoms with Gasteiger partial charge in [0.25, 0.3) is 5.91 Å². The van der Waals surface area contributed by atoms with E-state index in [0.29, 0.717) is 56.8 Å². The summed E-state index contributed by atoms with van der Waals surface area (Å²) in [7, 11) is 1.61. The van der Waals surface area contributed by atoms with Gasteiger partial charge in [0.15, 0.2) is 6.10 Å². The van der Waals surface area contributed by atoms with Gasteiger partial charge in [-0.2, -0.15) is 0 Å². The van der Waals surface area contributed by atoms with Gasteiger partial charge in [0.2, 0.25) is 0 Å². The van der Waals surface area contributed by atoms with Crippen LogP contribution >= 0.6 is 0 Å². The van der Waals surface area contributed by atoms with E-state index in [1.807, 2.05) is 26.0 Å². The molecule has 0 aromatic carbocycles. The van der Waals surface area contributed by atoms with E-state index in [1.54, 1.807) is 7.11 Å². The molecule has 254 valence electrons. The molecule has 1 amide bonds. The van der Waals surface area contributed by atoms with Gasteiger partial charge in [0.1, 0.15) is 5.78 Å². The Labute approximate surface area is 265 Å². The number of rotatable bonds is 5. The lowest BCUT2D eigenvalue weighted by atomic mass is 9.92. The third-order valence-electron chi connectivity index (χ3n) is 8.49. The van der Waals surface area contributed by atoms with Crippen LogP contribution in [0.5, 0.6) is 0 Å². The van der Waals surface area contributed by atoms with Crippen LogP contribution in [0.4, 0.5) is 0 Å². The third kappa shape index (κ3) is 17.4. The van der Waals surface area contributed by atoms with E-state index in [1.165, 1.54) is 0 Å². The van der Waals surface area contributed by atoms with Gasteiger partial charge in [-0.1, -0.05) is 65.2 Å². The van der Waals surface area contributed by atoms with Gasteiger partial charge >= 0.3 is 5.97 Å². The number of ketones is 1. The van der Waals surface area contributed by atoms with Crippen LogP contribution in [0, 0.1) is 17.8 Å². The van der Waals surface area contributed by atoms with E-state index in [0.717, 1.165) is 44.1 Å². The summed E-state index contributed by atoms with van der Waals surface area (Å²) in [6, 6.07) is 0. The highest BCUT2D eigenvalue weighted by molar-refractivity contribution is 5.84. The lowest BCUT2D eigenvalue weighted by Crippen LogP contribution is -2.43. The number of Topliss-reactive ketones (excluding diaryl/α,β-unsaturated/α-hetero) is 1. The molecule has 0 aromatic heterocycles. The second-order valence-electron chi connectivity index (χ2n) is 12.8. The van der Waals surface area contributed by atoms with E-state index in [-0.39, 0.29) is 31.2 Å². The molecule has 0 radical (unpaired) electrons. The number of hydrogen-bond acceptors (Lipinski definition) is 8. The highest BCUT2D eigenvalue weighted by Gasteiger charge is 2.27. The fourth-order valence-electron chi connectivity index (χ4n) is 5.63. The average molecular weight is 624 g/mol. The second kappa shape index (κ2) is 23.3. The highest BCUT2D eigenvalue weighted by Crippen LogP contribution is 2.22. The molecule has 9 heteroatoms. The molecule has 0 saturated heterocycles. The Morgan fingerprint density at radius 3 is 2.34 bits per heavy atom. The third-order valence-corrected chi connectivity index (χ3v) is 8.49. The minimum Gasteiger partial charge on any atom is -0.452 e. The number of hydrogen-bond donors (Lipinski definition) is 4. The second-order valence-corrected chi connectivity index (χ2v) is 12.8. The Balaban J connectivity index is 2.96. The summed E-state index contributed by atoms with van der Waals surface area (Å²) in [6.45, 7) is 8.21. The van der Waals surface area contributed by atoms with Gasteiger partial charge in [0.05, 0.1) is 30.8 Å². The molecule has 0 bridgehead atoms. The summed E-state index contributed by atoms with van der Waals surface area (Å²) in [5, 5.41) is 34.1. The minimum absolute atomic E-state index is 0.113. The molecule has 44 heavy (non-hydrogen) atoms. The number of esters is 1. The van der Waals surface area contributed by atoms with E-state index < -0.39 is 36.3 Å². The zero-order valence-corrected chi connectivity index (χ0v) is 28.0. The molecular weight excluding hydrogens is 562 g/mol. The van der Waals surface area contributed by atoms with Crippen molar-refractivity contribution in [3.05, 3.63) is 23.8 Å². The van der Waals surface area contributed by atoms with Crippen molar-refractivity contribution in [3.8, 4) is 0 Å². The SMILES string of the molecule is CCCC1OC(=O)[C@@H](C)C[C@H](C)CCCCC(=O)CCC[C@@H](CC)/C=C/C=C(/COC)CC[C@@H](O)[C@@H](O)C[C@H](O)CNC1=O. The molecule has 0 aromatic rings. The average Bonchev–Trinajstić information content (AvgIpc) is 2.98. The predicted octanol–water partition coefficient (Wildman–Crippen LogP) is 5.20. The number of aliphatic hydroxyl groups is 3. The summed E-state index contributed by atoms with van der Waals surface area (Å²) >= 11 is 0. The Morgan fingerprint density at radius 2 is 1.66 bits per heavy atom. The van der Waals surface area contributed by atoms with Gasteiger partial charge < -0.3 is 30.1 Å². The molecule has 1 aliphatic rings. The van der Waals surface area contributed by atoms with Crippen molar-refractivity contribution < 1.29 is 39.2 Å². The van der Waals surface area contributed by atoms with E-state index in [4.69, 9.17) is 9.47 Å². The van der Waals surface area contributed by atoms with Crippen molar-refractivity contribution in [2.45, 2.75) is 142 Å². The number of methoxy groups -OCH3 is 1. The van der Waals surface area contributed by atoms with Crippen LogP contribution in [0.25, 0.3) is 0 Å². The normalized spacial score (nSPS) is 32.8. The van der Waals surface area contributed by atoms with E-state index >= 15 is 0 Å². The Hall–Kier alpha value is -2.07. The number of carbonyl (C=O) groups is 3. The van der Waals surface area contributed by atoms with Crippen molar-refractivity contribution in [1.82, 2.24) is 5.32 Å². The molecular formula is C35H61NO8. The lowest BCUT2D eigenvalue weighted by molar-refractivity contribution is -0.160. The topological polar surface area (TPSA) is 142 Å². The number of aliphatic hydroxyl groups excluding tert-OH is 3. The molecule has 4 N–H and O–H groups in total. The Morgan fingerprint density at radius 1 is 0.932 bits per heavy atom. The first-order chi connectivity index (χ1) is 21.0. The van der Waals surface area contributed by atoms with Gasteiger partial charge in [0, 0.05) is 32.9 Å². The van der Waals surface area contributed by atoms with Gasteiger partial charge in [-0.05, 0) is 68.8 Å². The number of allylic oxidation sites excluding steroid dienone is 3. The zero-order chi connectivity index (χ0) is 32.9. The molecule has 0 saturated carbocycles. The molecule has 9 nitrogen and oxygen atoms in total. The van der Waals surface area contributed by atoms with Crippen LogP contribution in [0.15, 0.2) is 23.8 Å². The van der Waals surface area contributed by atoms with Crippen LogP contribution in [0.2, 0.25) is 0 Å². The molecule has 0 fully saturated rings. The van der Waals surface area contributed by atoms with E-state index in [9.17, 15) is 29.7 Å². The van der Waals surface area contributed by atoms with E-state index in [2.05, 4.69) is 25.2 Å². The quantitative estimate of drug-likeness (QED) is 0.306. The smallest absolute Gasteiger partial charge is 0.309 e. The summed E-state index contributed by atoms with van der Waals surface area (Å²) in [5.41, 5.74) is 0.973. The summed E-state index contributed by atoms with van der Waals surface area (Å²) in [4.78, 5) is 38.1. The highest BCUT2D eigenvalue weighted by atomic mass is 16.5. The van der Waals surface area contributed by atoms with Crippen LogP contribution in [0.1, 0.15) is 118 Å². The predicted molar refractivity (Wildman–Crippen MR) is 173 cm³/mol. The van der Waals surface area contributed by atoms with Crippen molar-refractivity contribution >= 4 is 17.7 Å². The number of amides is 1. The number of β-amino-alcohol motifs (C(OH)–C–C–N with tert-alkyl or cyclic N) is 1. The molecule has 0 aliphatic carbocycles. The molecule has 7 atom stereocenters. The fourth-order valence-corrected chi connectivity index (χ4v) is 5.63.